The summed E-state index contributed by atoms with van der Waals surface area (Å²) in [6.45, 7) is 6.38. The van der Waals surface area contributed by atoms with Crippen LogP contribution < -0.4 is 5.73 Å². The van der Waals surface area contributed by atoms with Crippen molar-refractivity contribution >= 4 is 0 Å². The van der Waals surface area contributed by atoms with Gasteiger partial charge in [-0.1, -0.05) is 13.8 Å². The summed E-state index contributed by atoms with van der Waals surface area (Å²) in [5, 5.41) is 4.28. The highest BCUT2D eigenvalue weighted by atomic mass is 15.2. The zero-order valence-corrected chi connectivity index (χ0v) is 8.91. The maximum Gasteiger partial charge on any atom is 0.0641 e. The molecule has 0 aromatic carbocycles. The van der Waals surface area contributed by atoms with Crippen LogP contribution in [0.3, 0.4) is 0 Å². The summed E-state index contributed by atoms with van der Waals surface area (Å²) in [6.07, 6.45) is 3.04. The molecule has 0 bridgehead atoms. The van der Waals surface area contributed by atoms with E-state index in [1.807, 2.05) is 24.9 Å². The highest BCUT2D eigenvalue weighted by Crippen LogP contribution is 2.20. The van der Waals surface area contributed by atoms with E-state index in [1.54, 1.807) is 0 Å². The summed E-state index contributed by atoms with van der Waals surface area (Å²) < 4.78 is 1.82. The molecule has 13 heavy (non-hydrogen) atoms. The fraction of sp³-hybridized carbons (Fsp3) is 0.700. The Labute approximate surface area is 79.9 Å². The minimum absolute atomic E-state index is 0.133. The molecule has 2 N–H and O–H groups in total. The van der Waals surface area contributed by atoms with Gasteiger partial charge in [0.25, 0.3) is 0 Å². The van der Waals surface area contributed by atoms with E-state index in [9.17, 15) is 0 Å². The van der Waals surface area contributed by atoms with Crippen molar-refractivity contribution in [2.45, 2.75) is 33.2 Å². The van der Waals surface area contributed by atoms with Crippen LogP contribution in [0.15, 0.2) is 6.20 Å². The van der Waals surface area contributed by atoms with Crippen molar-refractivity contribution in [1.29, 1.82) is 0 Å². The SMILES string of the molecule is Cc1nn(C)cc1C(N)CC(C)C. The van der Waals surface area contributed by atoms with Gasteiger partial charge in [0.15, 0.2) is 0 Å². The Morgan fingerprint density at radius 3 is 2.54 bits per heavy atom. The number of rotatable bonds is 3. The van der Waals surface area contributed by atoms with E-state index in [2.05, 4.69) is 18.9 Å². The molecule has 1 aromatic rings. The first-order chi connectivity index (χ1) is 6.00. The van der Waals surface area contributed by atoms with Gasteiger partial charge in [-0.3, -0.25) is 4.68 Å². The first kappa shape index (κ1) is 10.3. The third kappa shape index (κ3) is 2.56. The maximum atomic E-state index is 6.06. The average Bonchev–Trinajstić information content (AvgIpc) is 2.28. The Balaban J connectivity index is 2.76. The van der Waals surface area contributed by atoms with Crippen molar-refractivity contribution in [3.05, 3.63) is 17.5 Å². The lowest BCUT2D eigenvalue weighted by Gasteiger charge is -2.12. The Hall–Kier alpha value is -0.830. The van der Waals surface area contributed by atoms with Crippen LogP contribution in [-0.4, -0.2) is 9.78 Å². The number of hydrogen-bond acceptors (Lipinski definition) is 2. The standard InChI is InChI=1S/C10H19N3/c1-7(2)5-10(11)9-6-13(4)12-8(9)3/h6-7,10H,5,11H2,1-4H3. The van der Waals surface area contributed by atoms with Gasteiger partial charge < -0.3 is 5.73 Å². The lowest BCUT2D eigenvalue weighted by atomic mass is 9.99. The third-order valence-electron chi connectivity index (χ3n) is 2.18. The first-order valence-electron chi connectivity index (χ1n) is 4.76. The van der Waals surface area contributed by atoms with Crippen molar-refractivity contribution in [3.8, 4) is 0 Å². The van der Waals surface area contributed by atoms with Crippen molar-refractivity contribution in [2.75, 3.05) is 0 Å². The molecule has 0 spiro atoms. The number of aryl methyl sites for hydroxylation is 2. The van der Waals surface area contributed by atoms with E-state index in [0.717, 1.165) is 12.1 Å². The van der Waals surface area contributed by atoms with Crippen molar-refractivity contribution in [1.82, 2.24) is 9.78 Å². The van der Waals surface area contributed by atoms with Gasteiger partial charge in [0.05, 0.1) is 5.69 Å². The average molecular weight is 181 g/mol. The Morgan fingerprint density at radius 2 is 2.15 bits per heavy atom. The minimum atomic E-state index is 0.133. The monoisotopic (exact) mass is 181 g/mol. The van der Waals surface area contributed by atoms with Gasteiger partial charge in [0, 0.05) is 24.8 Å². The smallest absolute Gasteiger partial charge is 0.0641 e. The molecule has 3 heteroatoms. The van der Waals surface area contributed by atoms with Crippen molar-refractivity contribution in [3.63, 3.8) is 0 Å². The topological polar surface area (TPSA) is 43.8 Å². The Kier molecular flexibility index (Phi) is 3.09. The summed E-state index contributed by atoms with van der Waals surface area (Å²) in [7, 11) is 1.93. The van der Waals surface area contributed by atoms with E-state index in [4.69, 9.17) is 5.73 Å². The molecule has 1 heterocycles. The van der Waals surface area contributed by atoms with Crippen LogP contribution in [0, 0.1) is 12.8 Å². The van der Waals surface area contributed by atoms with E-state index >= 15 is 0 Å². The number of aromatic nitrogens is 2. The molecule has 0 aliphatic carbocycles. The highest BCUT2D eigenvalue weighted by Gasteiger charge is 2.13. The number of nitrogens with zero attached hydrogens (tertiary/aromatic N) is 2. The number of nitrogens with two attached hydrogens (primary N) is 1. The van der Waals surface area contributed by atoms with E-state index in [0.29, 0.717) is 5.92 Å². The van der Waals surface area contributed by atoms with Gasteiger partial charge in [-0.05, 0) is 19.3 Å². The second-order valence-electron chi connectivity index (χ2n) is 4.08. The lowest BCUT2D eigenvalue weighted by molar-refractivity contribution is 0.508. The van der Waals surface area contributed by atoms with Crippen LogP contribution in [-0.2, 0) is 7.05 Å². The quantitative estimate of drug-likeness (QED) is 0.772. The third-order valence-corrected chi connectivity index (χ3v) is 2.18. The van der Waals surface area contributed by atoms with Gasteiger partial charge in [0.2, 0.25) is 0 Å². The highest BCUT2D eigenvalue weighted by molar-refractivity contribution is 5.19. The van der Waals surface area contributed by atoms with E-state index in [1.165, 1.54) is 5.56 Å². The second kappa shape index (κ2) is 3.92. The molecule has 1 atom stereocenters. The van der Waals surface area contributed by atoms with Crippen LogP contribution in [0.1, 0.15) is 37.6 Å². The van der Waals surface area contributed by atoms with Gasteiger partial charge in [0.1, 0.15) is 0 Å². The van der Waals surface area contributed by atoms with Gasteiger partial charge >= 0.3 is 0 Å². The molecule has 1 aromatic heterocycles. The van der Waals surface area contributed by atoms with Gasteiger partial charge in [-0.2, -0.15) is 5.10 Å². The molecule has 0 aliphatic heterocycles. The molecule has 3 nitrogen and oxygen atoms in total. The van der Waals surface area contributed by atoms with E-state index < -0.39 is 0 Å². The lowest BCUT2D eigenvalue weighted by Crippen LogP contribution is -2.13. The summed E-state index contributed by atoms with van der Waals surface area (Å²) in [6, 6.07) is 0.133. The fourth-order valence-corrected chi connectivity index (χ4v) is 1.62. The molecule has 0 fully saturated rings. The van der Waals surface area contributed by atoms with Crippen LogP contribution in [0.5, 0.6) is 0 Å². The Morgan fingerprint density at radius 1 is 1.54 bits per heavy atom. The van der Waals surface area contributed by atoms with Crippen molar-refractivity contribution in [2.24, 2.45) is 18.7 Å². The predicted molar refractivity (Wildman–Crippen MR) is 54.3 cm³/mol. The zero-order chi connectivity index (χ0) is 10.0. The molecule has 1 unspecified atom stereocenters. The second-order valence-corrected chi connectivity index (χ2v) is 4.08. The maximum absolute atomic E-state index is 6.06. The molecule has 0 aliphatic rings. The molecular formula is C10H19N3. The molecule has 0 radical (unpaired) electrons. The summed E-state index contributed by atoms with van der Waals surface area (Å²) in [5.41, 5.74) is 8.29. The molecule has 0 amide bonds. The van der Waals surface area contributed by atoms with Crippen molar-refractivity contribution < 1.29 is 0 Å². The molecule has 0 saturated carbocycles. The van der Waals surface area contributed by atoms with Gasteiger partial charge in [-0.25, -0.2) is 0 Å². The van der Waals surface area contributed by atoms with Gasteiger partial charge in [-0.15, -0.1) is 0 Å². The molecule has 0 saturated heterocycles. The largest absolute Gasteiger partial charge is 0.324 e. The summed E-state index contributed by atoms with van der Waals surface area (Å²) in [4.78, 5) is 0. The first-order valence-corrected chi connectivity index (χ1v) is 4.76. The normalized spacial score (nSPS) is 13.7. The minimum Gasteiger partial charge on any atom is -0.324 e. The van der Waals surface area contributed by atoms with Crippen LogP contribution in [0.25, 0.3) is 0 Å². The van der Waals surface area contributed by atoms with E-state index in [-0.39, 0.29) is 6.04 Å². The van der Waals surface area contributed by atoms with Crippen LogP contribution in [0.2, 0.25) is 0 Å². The zero-order valence-electron chi connectivity index (χ0n) is 8.91. The number of hydrogen-bond donors (Lipinski definition) is 1. The predicted octanol–water partition coefficient (Wildman–Crippen LogP) is 1.77. The Bertz CT molecular complexity index is 276. The summed E-state index contributed by atoms with van der Waals surface area (Å²) in [5.74, 6) is 0.634. The van der Waals surface area contributed by atoms with Crippen LogP contribution in [0.4, 0.5) is 0 Å². The molecule has 74 valence electrons. The molecular weight excluding hydrogens is 162 g/mol. The summed E-state index contributed by atoms with van der Waals surface area (Å²) >= 11 is 0. The molecule has 1 rings (SSSR count). The fourth-order valence-electron chi connectivity index (χ4n) is 1.62. The van der Waals surface area contributed by atoms with Crippen LogP contribution >= 0.6 is 0 Å².